The predicted octanol–water partition coefficient (Wildman–Crippen LogP) is 2.56. The van der Waals surface area contributed by atoms with E-state index in [1.807, 2.05) is 37.2 Å². The van der Waals surface area contributed by atoms with Crippen LogP contribution in [0.15, 0.2) is 23.1 Å². The molecule has 2 rings (SSSR count). The highest BCUT2D eigenvalue weighted by atomic mass is 79.9. The van der Waals surface area contributed by atoms with E-state index in [1.165, 1.54) is 0 Å². The zero-order chi connectivity index (χ0) is 13.8. The van der Waals surface area contributed by atoms with Gasteiger partial charge in [-0.2, -0.15) is 5.10 Å². The van der Waals surface area contributed by atoms with Crippen LogP contribution in [0.4, 0.5) is 5.82 Å². The zero-order valence-electron chi connectivity index (χ0n) is 11.5. The van der Waals surface area contributed by atoms with Gasteiger partial charge in [-0.1, -0.05) is 6.92 Å². The molecule has 19 heavy (non-hydrogen) atoms. The molecule has 0 radical (unpaired) electrons. The van der Waals surface area contributed by atoms with E-state index in [0.29, 0.717) is 0 Å². The second kappa shape index (κ2) is 6.14. The van der Waals surface area contributed by atoms with Gasteiger partial charge in [0.25, 0.3) is 0 Å². The highest BCUT2D eigenvalue weighted by Crippen LogP contribution is 2.18. The lowest BCUT2D eigenvalue weighted by atomic mass is 10.3. The van der Waals surface area contributed by atoms with Gasteiger partial charge in [0.2, 0.25) is 0 Å². The maximum absolute atomic E-state index is 4.58. The first-order chi connectivity index (χ1) is 9.08. The molecular weight excluding hydrogens is 306 g/mol. The Morgan fingerprint density at radius 2 is 2.16 bits per heavy atom. The van der Waals surface area contributed by atoms with Crippen molar-refractivity contribution in [3.8, 4) is 0 Å². The number of nitrogens with zero attached hydrogens (tertiary/aromatic N) is 5. The summed E-state index contributed by atoms with van der Waals surface area (Å²) in [7, 11) is 3.95. The van der Waals surface area contributed by atoms with Crippen LogP contribution in [0.2, 0.25) is 0 Å². The summed E-state index contributed by atoms with van der Waals surface area (Å²) in [5.74, 6) is 1.80. The fourth-order valence-corrected chi connectivity index (χ4v) is 2.30. The Morgan fingerprint density at radius 3 is 2.79 bits per heavy atom. The third-order valence-corrected chi connectivity index (χ3v) is 3.18. The highest BCUT2D eigenvalue weighted by Gasteiger charge is 2.08. The van der Waals surface area contributed by atoms with Gasteiger partial charge in [-0.3, -0.25) is 4.68 Å². The predicted molar refractivity (Wildman–Crippen MR) is 79.0 cm³/mol. The first-order valence-electron chi connectivity index (χ1n) is 6.30. The summed E-state index contributed by atoms with van der Waals surface area (Å²) in [4.78, 5) is 11.1. The Morgan fingerprint density at radius 1 is 1.37 bits per heavy atom. The molecule has 0 saturated heterocycles. The Labute approximate surface area is 121 Å². The molecule has 102 valence electrons. The van der Waals surface area contributed by atoms with Gasteiger partial charge < -0.3 is 4.90 Å². The van der Waals surface area contributed by atoms with Crippen molar-refractivity contribution < 1.29 is 0 Å². The normalized spacial score (nSPS) is 10.7. The van der Waals surface area contributed by atoms with Crippen LogP contribution in [0.3, 0.4) is 0 Å². The summed E-state index contributed by atoms with van der Waals surface area (Å²) in [6.45, 7) is 2.91. The first kappa shape index (κ1) is 14.0. The van der Waals surface area contributed by atoms with Crippen molar-refractivity contribution in [1.29, 1.82) is 0 Å². The van der Waals surface area contributed by atoms with Crippen LogP contribution in [-0.4, -0.2) is 26.8 Å². The average molecular weight is 324 g/mol. The first-order valence-corrected chi connectivity index (χ1v) is 7.10. The number of halogens is 1. The molecule has 0 aliphatic heterocycles. The molecule has 0 saturated carbocycles. The van der Waals surface area contributed by atoms with Crippen LogP contribution >= 0.6 is 15.9 Å². The highest BCUT2D eigenvalue weighted by molar-refractivity contribution is 9.10. The molecule has 0 N–H and O–H groups in total. The average Bonchev–Trinajstić information content (AvgIpc) is 2.74. The van der Waals surface area contributed by atoms with E-state index in [-0.39, 0.29) is 0 Å². The molecule has 0 atom stereocenters. The molecule has 6 heteroatoms. The standard InChI is InChI=1S/C13H18BrN5/c1-4-5-12-16-11(14)6-13(17-12)18(2)8-10-7-15-19(3)9-10/h6-7,9H,4-5,8H2,1-3H3. The Balaban J connectivity index is 2.15. The summed E-state index contributed by atoms with van der Waals surface area (Å²) in [5, 5.41) is 4.18. The van der Waals surface area contributed by atoms with Crippen LogP contribution in [-0.2, 0) is 20.0 Å². The van der Waals surface area contributed by atoms with Crippen molar-refractivity contribution in [1.82, 2.24) is 19.7 Å². The minimum atomic E-state index is 0.781. The molecule has 0 aliphatic rings. The maximum Gasteiger partial charge on any atom is 0.133 e. The number of anilines is 1. The van der Waals surface area contributed by atoms with Gasteiger partial charge in [0.15, 0.2) is 0 Å². The molecule has 0 bridgehead atoms. The second-order valence-electron chi connectivity index (χ2n) is 4.59. The minimum absolute atomic E-state index is 0.781. The lowest BCUT2D eigenvalue weighted by molar-refractivity contribution is 0.766. The molecule has 0 amide bonds. The summed E-state index contributed by atoms with van der Waals surface area (Å²) in [5.41, 5.74) is 1.16. The fourth-order valence-electron chi connectivity index (χ4n) is 1.89. The van der Waals surface area contributed by atoms with E-state index in [2.05, 4.69) is 42.8 Å². The van der Waals surface area contributed by atoms with Crippen molar-refractivity contribution >= 4 is 21.7 Å². The molecule has 0 spiro atoms. The SMILES string of the molecule is CCCc1nc(Br)cc(N(C)Cc2cnn(C)c2)n1. The van der Waals surface area contributed by atoms with Gasteiger partial charge in [-0.15, -0.1) is 0 Å². The van der Waals surface area contributed by atoms with Crippen molar-refractivity contribution in [3.63, 3.8) is 0 Å². The minimum Gasteiger partial charge on any atom is -0.355 e. The third kappa shape index (κ3) is 3.76. The van der Waals surface area contributed by atoms with Crippen LogP contribution in [0, 0.1) is 0 Å². The van der Waals surface area contributed by atoms with Crippen LogP contribution in [0.1, 0.15) is 24.7 Å². The molecule has 0 aliphatic carbocycles. The number of rotatable bonds is 5. The lowest BCUT2D eigenvalue weighted by Gasteiger charge is -2.18. The van der Waals surface area contributed by atoms with Crippen molar-refractivity contribution in [2.45, 2.75) is 26.3 Å². The van der Waals surface area contributed by atoms with E-state index in [9.17, 15) is 0 Å². The molecule has 0 aromatic carbocycles. The lowest BCUT2D eigenvalue weighted by Crippen LogP contribution is -2.18. The summed E-state index contributed by atoms with van der Waals surface area (Å²) in [6.07, 6.45) is 5.83. The number of aryl methyl sites for hydroxylation is 2. The van der Waals surface area contributed by atoms with Gasteiger partial charge >= 0.3 is 0 Å². The maximum atomic E-state index is 4.58. The second-order valence-corrected chi connectivity index (χ2v) is 5.41. The number of hydrogen-bond acceptors (Lipinski definition) is 4. The van der Waals surface area contributed by atoms with Crippen LogP contribution < -0.4 is 4.90 Å². The van der Waals surface area contributed by atoms with Crippen molar-refractivity contribution in [2.24, 2.45) is 7.05 Å². The Hall–Kier alpha value is -1.43. The number of hydrogen-bond donors (Lipinski definition) is 0. The summed E-state index contributed by atoms with van der Waals surface area (Å²) < 4.78 is 2.64. The van der Waals surface area contributed by atoms with Gasteiger partial charge in [0.05, 0.1) is 6.20 Å². The monoisotopic (exact) mass is 323 g/mol. The van der Waals surface area contributed by atoms with Gasteiger partial charge in [-0.05, 0) is 22.4 Å². The van der Waals surface area contributed by atoms with E-state index in [0.717, 1.165) is 41.2 Å². The van der Waals surface area contributed by atoms with Crippen molar-refractivity contribution in [3.05, 3.63) is 34.5 Å². The molecule has 2 aromatic rings. The Kier molecular flexibility index (Phi) is 4.52. The zero-order valence-corrected chi connectivity index (χ0v) is 13.1. The van der Waals surface area contributed by atoms with E-state index in [1.54, 1.807) is 0 Å². The largest absolute Gasteiger partial charge is 0.355 e. The van der Waals surface area contributed by atoms with Crippen molar-refractivity contribution in [2.75, 3.05) is 11.9 Å². The summed E-state index contributed by atoms with van der Waals surface area (Å²) >= 11 is 3.45. The smallest absolute Gasteiger partial charge is 0.133 e. The van der Waals surface area contributed by atoms with E-state index < -0.39 is 0 Å². The van der Waals surface area contributed by atoms with Gasteiger partial charge in [0.1, 0.15) is 16.2 Å². The summed E-state index contributed by atoms with van der Waals surface area (Å²) in [6, 6.07) is 1.94. The van der Waals surface area contributed by atoms with Gasteiger partial charge in [-0.25, -0.2) is 9.97 Å². The third-order valence-electron chi connectivity index (χ3n) is 2.77. The molecule has 0 unspecified atom stereocenters. The topological polar surface area (TPSA) is 46.8 Å². The van der Waals surface area contributed by atoms with Crippen LogP contribution in [0.5, 0.6) is 0 Å². The molecule has 0 fully saturated rings. The quantitative estimate of drug-likeness (QED) is 0.793. The molecule has 2 heterocycles. The van der Waals surface area contributed by atoms with E-state index >= 15 is 0 Å². The van der Waals surface area contributed by atoms with E-state index in [4.69, 9.17) is 0 Å². The molecular formula is C13H18BrN5. The Bertz CT molecular complexity index is 552. The fraction of sp³-hybridized carbons (Fsp3) is 0.462. The van der Waals surface area contributed by atoms with Gasteiger partial charge in [0, 0.05) is 44.9 Å². The molecule has 5 nitrogen and oxygen atoms in total. The number of aromatic nitrogens is 4. The molecule has 2 aromatic heterocycles. The van der Waals surface area contributed by atoms with Crippen LogP contribution in [0.25, 0.3) is 0 Å².